The lowest BCUT2D eigenvalue weighted by molar-refractivity contribution is 0.386. The Hall–Kier alpha value is -1.77. The number of rotatable bonds is 2. The van der Waals surface area contributed by atoms with Crippen molar-refractivity contribution < 1.29 is 9.13 Å². The predicted molar refractivity (Wildman–Crippen MR) is 61.8 cm³/mol. The number of aromatic nitrogens is 1. The molecule has 1 aromatic heterocycles. The van der Waals surface area contributed by atoms with E-state index in [4.69, 9.17) is 4.74 Å². The van der Waals surface area contributed by atoms with Gasteiger partial charge in [-0.1, -0.05) is 0 Å². The maximum atomic E-state index is 13.6. The molecule has 0 aliphatic rings. The lowest BCUT2D eigenvalue weighted by atomic mass is 10.2. The van der Waals surface area contributed by atoms with Crippen LogP contribution in [0, 0.1) is 19.7 Å². The van der Waals surface area contributed by atoms with Gasteiger partial charge in [0.15, 0.2) is 11.6 Å². The molecule has 3 heteroatoms. The van der Waals surface area contributed by atoms with Gasteiger partial charge in [-0.15, -0.1) is 0 Å². The Labute approximate surface area is 94.3 Å². The van der Waals surface area contributed by atoms with Crippen LogP contribution in [-0.2, 0) is 0 Å². The number of nitrogens with zero attached hydrogens (tertiary/aromatic N) is 1. The molecule has 0 N–H and O–H groups in total. The number of halogens is 1. The Kier molecular flexibility index (Phi) is 2.69. The van der Waals surface area contributed by atoms with Crippen LogP contribution < -0.4 is 4.74 Å². The summed E-state index contributed by atoms with van der Waals surface area (Å²) in [5.41, 5.74) is 2.99. The van der Waals surface area contributed by atoms with Gasteiger partial charge in [-0.2, -0.15) is 0 Å². The third kappa shape index (κ3) is 1.69. The molecule has 2 nitrogen and oxygen atoms in total. The normalized spacial score (nSPS) is 10.5. The zero-order valence-corrected chi connectivity index (χ0v) is 9.62. The van der Waals surface area contributed by atoms with Gasteiger partial charge in [-0.25, -0.2) is 4.39 Å². The number of aryl methyl sites for hydroxylation is 2. The van der Waals surface area contributed by atoms with Crippen LogP contribution in [0.2, 0.25) is 0 Å². The highest BCUT2D eigenvalue weighted by molar-refractivity contribution is 5.42. The van der Waals surface area contributed by atoms with Crippen molar-refractivity contribution >= 4 is 0 Å². The summed E-state index contributed by atoms with van der Waals surface area (Å²) in [5, 5.41) is 0. The third-order valence-corrected chi connectivity index (χ3v) is 2.66. The summed E-state index contributed by atoms with van der Waals surface area (Å²) in [7, 11) is 1.46. The molecule has 2 aromatic rings. The zero-order chi connectivity index (χ0) is 11.7. The molecule has 0 unspecified atom stereocenters. The molecule has 0 aliphatic heterocycles. The number of benzene rings is 1. The van der Waals surface area contributed by atoms with Crippen LogP contribution in [0.3, 0.4) is 0 Å². The molecule has 84 valence electrons. The molecule has 0 aliphatic carbocycles. The fraction of sp³-hybridized carbons (Fsp3) is 0.231. The van der Waals surface area contributed by atoms with E-state index in [9.17, 15) is 4.39 Å². The third-order valence-electron chi connectivity index (χ3n) is 2.66. The van der Waals surface area contributed by atoms with Crippen molar-refractivity contribution in [3.05, 3.63) is 47.5 Å². The highest BCUT2D eigenvalue weighted by atomic mass is 19.1. The first kappa shape index (κ1) is 10.7. The SMILES string of the molecule is COc1ccc(-n2c(C)ccc2C)cc1F. The first-order valence-corrected chi connectivity index (χ1v) is 5.12. The van der Waals surface area contributed by atoms with E-state index in [0.29, 0.717) is 0 Å². The van der Waals surface area contributed by atoms with Gasteiger partial charge in [0.2, 0.25) is 0 Å². The molecule has 1 aromatic carbocycles. The summed E-state index contributed by atoms with van der Waals surface area (Å²) < 4.78 is 20.5. The smallest absolute Gasteiger partial charge is 0.167 e. The molecule has 0 spiro atoms. The maximum Gasteiger partial charge on any atom is 0.167 e. The van der Waals surface area contributed by atoms with Crippen LogP contribution in [-0.4, -0.2) is 11.7 Å². The van der Waals surface area contributed by atoms with E-state index in [1.807, 2.05) is 36.6 Å². The Morgan fingerprint density at radius 1 is 1.06 bits per heavy atom. The molecular weight excluding hydrogens is 205 g/mol. The van der Waals surface area contributed by atoms with Gasteiger partial charge in [0, 0.05) is 23.1 Å². The van der Waals surface area contributed by atoms with Crippen molar-refractivity contribution in [3.8, 4) is 11.4 Å². The van der Waals surface area contributed by atoms with Gasteiger partial charge in [-0.3, -0.25) is 0 Å². The molecule has 0 bridgehead atoms. The average Bonchev–Trinajstić information content (AvgIpc) is 2.58. The molecule has 0 atom stereocenters. The van der Waals surface area contributed by atoms with Crippen LogP contribution in [0.25, 0.3) is 5.69 Å². The quantitative estimate of drug-likeness (QED) is 0.756. The van der Waals surface area contributed by atoms with Crippen molar-refractivity contribution in [1.29, 1.82) is 0 Å². The second kappa shape index (κ2) is 4.00. The summed E-state index contributed by atoms with van der Waals surface area (Å²) in [5.74, 6) is -0.0706. The Balaban J connectivity index is 2.53. The topological polar surface area (TPSA) is 14.2 Å². The van der Waals surface area contributed by atoms with Gasteiger partial charge in [0.05, 0.1) is 7.11 Å². The monoisotopic (exact) mass is 219 g/mol. The Morgan fingerprint density at radius 2 is 1.69 bits per heavy atom. The number of hydrogen-bond donors (Lipinski definition) is 0. The van der Waals surface area contributed by atoms with Gasteiger partial charge in [-0.05, 0) is 38.1 Å². The van der Waals surface area contributed by atoms with E-state index < -0.39 is 0 Å². The molecule has 0 fully saturated rings. The lowest BCUT2D eigenvalue weighted by Crippen LogP contribution is -1.99. The van der Waals surface area contributed by atoms with Crippen molar-refractivity contribution in [2.24, 2.45) is 0 Å². The average molecular weight is 219 g/mol. The Bertz CT molecular complexity index is 497. The first-order chi connectivity index (χ1) is 7.63. The van der Waals surface area contributed by atoms with Gasteiger partial charge < -0.3 is 9.30 Å². The number of ether oxygens (including phenoxy) is 1. The van der Waals surface area contributed by atoms with Crippen molar-refractivity contribution in [1.82, 2.24) is 4.57 Å². The highest BCUT2D eigenvalue weighted by Gasteiger charge is 2.07. The summed E-state index contributed by atoms with van der Waals surface area (Å²) in [6.07, 6.45) is 0. The summed E-state index contributed by atoms with van der Waals surface area (Å²) in [6, 6.07) is 9.00. The first-order valence-electron chi connectivity index (χ1n) is 5.12. The molecule has 1 heterocycles. The van der Waals surface area contributed by atoms with Crippen LogP contribution in [0.4, 0.5) is 4.39 Å². The maximum absolute atomic E-state index is 13.6. The van der Waals surface area contributed by atoms with Crippen LogP contribution in [0.15, 0.2) is 30.3 Å². The molecule has 0 amide bonds. The van der Waals surface area contributed by atoms with Crippen molar-refractivity contribution in [2.75, 3.05) is 7.11 Å². The fourth-order valence-corrected chi connectivity index (χ4v) is 1.87. The number of methoxy groups -OCH3 is 1. The van der Waals surface area contributed by atoms with E-state index in [1.54, 1.807) is 6.07 Å². The van der Waals surface area contributed by atoms with E-state index in [-0.39, 0.29) is 11.6 Å². The standard InChI is InChI=1S/C13H14FNO/c1-9-4-5-10(2)15(9)11-6-7-13(16-3)12(14)8-11/h4-8H,1-3H3. The van der Waals surface area contributed by atoms with Gasteiger partial charge >= 0.3 is 0 Å². The molecule has 0 radical (unpaired) electrons. The van der Waals surface area contributed by atoms with Gasteiger partial charge in [0.25, 0.3) is 0 Å². The minimum absolute atomic E-state index is 0.270. The molecule has 2 rings (SSSR count). The second-order valence-corrected chi connectivity index (χ2v) is 3.77. The van der Waals surface area contributed by atoms with Crippen molar-refractivity contribution in [2.45, 2.75) is 13.8 Å². The fourth-order valence-electron chi connectivity index (χ4n) is 1.87. The highest BCUT2D eigenvalue weighted by Crippen LogP contribution is 2.22. The summed E-state index contributed by atoms with van der Waals surface area (Å²) in [4.78, 5) is 0. The molecule has 16 heavy (non-hydrogen) atoms. The minimum Gasteiger partial charge on any atom is -0.494 e. The molecular formula is C13H14FNO. The Morgan fingerprint density at radius 3 is 2.19 bits per heavy atom. The van der Waals surface area contributed by atoms with Gasteiger partial charge in [0.1, 0.15) is 0 Å². The largest absolute Gasteiger partial charge is 0.494 e. The van der Waals surface area contributed by atoms with Crippen LogP contribution >= 0.6 is 0 Å². The molecule has 0 saturated heterocycles. The number of hydrogen-bond acceptors (Lipinski definition) is 1. The second-order valence-electron chi connectivity index (χ2n) is 3.77. The predicted octanol–water partition coefficient (Wildman–Crippen LogP) is 3.24. The minimum atomic E-state index is -0.340. The van der Waals surface area contributed by atoms with Crippen LogP contribution in [0.1, 0.15) is 11.4 Å². The van der Waals surface area contributed by atoms with E-state index in [2.05, 4.69) is 0 Å². The summed E-state index contributed by atoms with van der Waals surface area (Å²) >= 11 is 0. The summed E-state index contributed by atoms with van der Waals surface area (Å²) in [6.45, 7) is 3.99. The molecule has 0 saturated carbocycles. The lowest BCUT2D eigenvalue weighted by Gasteiger charge is -2.10. The van der Waals surface area contributed by atoms with E-state index in [1.165, 1.54) is 13.2 Å². The zero-order valence-electron chi connectivity index (χ0n) is 9.62. The van der Waals surface area contributed by atoms with E-state index in [0.717, 1.165) is 17.1 Å². The van der Waals surface area contributed by atoms with E-state index >= 15 is 0 Å². The van der Waals surface area contributed by atoms with Crippen LogP contribution in [0.5, 0.6) is 5.75 Å². The van der Waals surface area contributed by atoms with Crippen molar-refractivity contribution in [3.63, 3.8) is 0 Å².